The average Bonchev–Trinajstić information content (AvgIpc) is 2.89. The Morgan fingerprint density at radius 2 is 2.30 bits per heavy atom. The Kier molecular flexibility index (Phi) is 4.78. The Morgan fingerprint density at radius 3 is 3.00 bits per heavy atom. The van der Waals surface area contributed by atoms with Crippen LogP contribution >= 0.6 is 27.5 Å². The SMILES string of the molecule is NC(=O)c1cc(Cl)c(Br)c2c1CC1=C2CCC(CCOC=O)C1. The maximum Gasteiger partial charge on any atom is 0.293 e. The number of ether oxygens (including phenoxy) is 1. The third kappa shape index (κ3) is 3.04. The lowest BCUT2D eigenvalue weighted by Gasteiger charge is -2.24. The van der Waals surface area contributed by atoms with E-state index >= 15 is 0 Å². The number of carbonyl (C=O) groups excluding carboxylic acids is 2. The Bertz CT molecular complexity index is 714. The van der Waals surface area contributed by atoms with E-state index in [0.29, 0.717) is 29.6 Å². The van der Waals surface area contributed by atoms with Crippen LogP contribution in [0.3, 0.4) is 0 Å². The highest BCUT2D eigenvalue weighted by atomic mass is 79.9. The monoisotopic (exact) mass is 397 g/mol. The van der Waals surface area contributed by atoms with Crippen LogP contribution in [-0.4, -0.2) is 19.0 Å². The summed E-state index contributed by atoms with van der Waals surface area (Å²) < 4.78 is 5.67. The molecule has 0 heterocycles. The minimum Gasteiger partial charge on any atom is -0.468 e. The van der Waals surface area contributed by atoms with Gasteiger partial charge in [-0.2, -0.15) is 0 Å². The highest BCUT2D eigenvalue weighted by Crippen LogP contribution is 2.49. The van der Waals surface area contributed by atoms with E-state index in [1.165, 1.54) is 11.1 Å². The van der Waals surface area contributed by atoms with Crippen molar-refractivity contribution in [1.29, 1.82) is 0 Å². The van der Waals surface area contributed by atoms with Crippen LogP contribution in [0.25, 0.3) is 5.57 Å². The Morgan fingerprint density at radius 1 is 1.52 bits per heavy atom. The van der Waals surface area contributed by atoms with E-state index in [4.69, 9.17) is 22.1 Å². The normalized spacial score (nSPS) is 19.3. The first kappa shape index (κ1) is 16.5. The number of hydrogen-bond donors (Lipinski definition) is 1. The first-order valence-electron chi connectivity index (χ1n) is 7.60. The number of carbonyl (C=O) groups is 2. The van der Waals surface area contributed by atoms with Gasteiger partial charge in [0, 0.05) is 10.0 Å². The van der Waals surface area contributed by atoms with Gasteiger partial charge in [-0.15, -0.1) is 0 Å². The van der Waals surface area contributed by atoms with Gasteiger partial charge in [0.1, 0.15) is 0 Å². The third-order valence-electron chi connectivity index (χ3n) is 4.76. The molecule has 0 spiro atoms. The van der Waals surface area contributed by atoms with E-state index in [-0.39, 0.29) is 0 Å². The number of benzene rings is 1. The zero-order chi connectivity index (χ0) is 16.6. The number of hydrogen-bond acceptors (Lipinski definition) is 3. The second kappa shape index (κ2) is 6.65. The lowest BCUT2D eigenvalue weighted by atomic mass is 9.82. The van der Waals surface area contributed by atoms with E-state index < -0.39 is 5.91 Å². The van der Waals surface area contributed by atoms with Crippen molar-refractivity contribution in [3.8, 4) is 0 Å². The van der Waals surface area contributed by atoms with Gasteiger partial charge in [0.15, 0.2) is 0 Å². The van der Waals surface area contributed by atoms with E-state index in [1.54, 1.807) is 6.07 Å². The molecule has 0 saturated heterocycles. The minimum atomic E-state index is -0.438. The summed E-state index contributed by atoms with van der Waals surface area (Å²) >= 11 is 9.82. The summed E-state index contributed by atoms with van der Waals surface area (Å²) in [5.41, 5.74) is 10.7. The number of amides is 1. The van der Waals surface area contributed by atoms with Gasteiger partial charge < -0.3 is 10.5 Å². The van der Waals surface area contributed by atoms with E-state index in [1.807, 2.05) is 0 Å². The lowest BCUT2D eigenvalue weighted by molar-refractivity contribution is -0.129. The summed E-state index contributed by atoms with van der Waals surface area (Å²) in [5, 5.41) is 0.521. The van der Waals surface area contributed by atoms with Crippen molar-refractivity contribution in [2.45, 2.75) is 32.1 Å². The Hall–Kier alpha value is -1.33. The largest absolute Gasteiger partial charge is 0.468 e. The van der Waals surface area contributed by atoms with Gasteiger partial charge in [-0.05, 0) is 76.7 Å². The molecular weight excluding hydrogens is 382 g/mol. The Labute approximate surface area is 148 Å². The summed E-state index contributed by atoms with van der Waals surface area (Å²) in [4.78, 5) is 22.0. The molecule has 0 fully saturated rings. The van der Waals surface area contributed by atoms with Crippen LogP contribution < -0.4 is 5.73 Å². The van der Waals surface area contributed by atoms with Crippen molar-refractivity contribution in [3.05, 3.63) is 37.8 Å². The number of halogens is 2. The van der Waals surface area contributed by atoms with Crippen LogP contribution in [0.15, 0.2) is 16.1 Å². The van der Waals surface area contributed by atoms with Crippen molar-refractivity contribution in [1.82, 2.24) is 0 Å². The molecule has 6 heteroatoms. The molecule has 1 aromatic carbocycles. The van der Waals surface area contributed by atoms with Gasteiger partial charge in [0.2, 0.25) is 5.91 Å². The van der Waals surface area contributed by atoms with Crippen LogP contribution in [0.5, 0.6) is 0 Å². The summed E-state index contributed by atoms with van der Waals surface area (Å²) in [6.45, 7) is 0.961. The zero-order valence-corrected chi connectivity index (χ0v) is 14.9. The maximum atomic E-state index is 11.7. The molecule has 3 rings (SSSR count). The first-order chi connectivity index (χ1) is 11.0. The van der Waals surface area contributed by atoms with Crippen molar-refractivity contribution in [2.75, 3.05) is 6.61 Å². The predicted octanol–water partition coefficient (Wildman–Crippen LogP) is 3.87. The third-order valence-corrected chi connectivity index (χ3v) is 6.11. The van der Waals surface area contributed by atoms with Crippen LogP contribution in [0, 0.1) is 5.92 Å². The summed E-state index contributed by atoms with van der Waals surface area (Å²) in [7, 11) is 0. The molecule has 1 aromatic rings. The van der Waals surface area contributed by atoms with Gasteiger partial charge >= 0.3 is 0 Å². The molecule has 1 amide bonds. The van der Waals surface area contributed by atoms with E-state index in [9.17, 15) is 9.59 Å². The first-order valence-corrected chi connectivity index (χ1v) is 8.77. The molecule has 2 aliphatic carbocycles. The molecule has 4 nitrogen and oxygen atoms in total. The molecule has 0 aromatic heterocycles. The molecule has 23 heavy (non-hydrogen) atoms. The van der Waals surface area contributed by atoms with Gasteiger partial charge in [0.25, 0.3) is 6.47 Å². The summed E-state index contributed by atoms with van der Waals surface area (Å²) in [5.74, 6) is 0.0701. The van der Waals surface area contributed by atoms with Gasteiger partial charge in [-0.1, -0.05) is 17.2 Å². The molecule has 2 N–H and O–H groups in total. The zero-order valence-electron chi connectivity index (χ0n) is 12.5. The molecule has 1 atom stereocenters. The Balaban J connectivity index is 1.89. The number of rotatable bonds is 5. The molecule has 0 saturated carbocycles. The minimum absolute atomic E-state index is 0.438. The molecule has 1 unspecified atom stereocenters. The summed E-state index contributed by atoms with van der Waals surface area (Å²) in [6.07, 6.45) is 4.59. The average molecular weight is 399 g/mol. The highest BCUT2D eigenvalue weighted by Gasteiger charge is 2.32. The van der Waals surface area contributed by atoms with Crippen LogP contribution in [0.1, 0.15) is 47.2 Å². The second-order valence-electron chi connectivity index (χ2n) is 6.06. The molecule has 0 bridgehead atoms. The fourth-order valence-corrected chi connectivity index (χ4v) is 4.50. The number of nitrogens with two attached hydrogens (primary N) is 1. The fraction of sp³-hybridized carbons (Fsp3) is 0.412. The topological polar surface area (TPSA) is 69.4 Å². The fourth-order valence-electron chi connectivity index (χ4n) is 3.70. The number of primary amides is 1. The van der Waals surface area contributed by atoms with Crippen LogP contribution in [-0.2, 0) is 16.0 Å². The number of allylic oxidation sites excluding steroid dienone is 2. The van der Waals surface area contributed by atoms with Gasteiger partial charge in [-0.25, -0.2) is 0 Å². The van der Waals surface area contributed by atoms with Gasteiger partial charge in [-0.3, -0.25) is 9.59 Å². The van der Waals surface area contributed by atoms with E-state index in [0.717, 1.165) is 47.7 Å². The second-order valence-corrected chi connectivity index (χ2v) is 7.26. The molecular formula is C17H17BrClNO3. The van der Waals surface area contributed by atoms with Crippen molar-refractivity contribution >= 4 is 45.5 Å². The van der Waals surface area contributed by atoms with E-state index in [2.05, 4.69) is 15.9 Å². The van der Waals surface area contributed by atoms with Crippen LogP contribution in [0.2, 0.25) is 5.02 Å². The molecule has 0 radical (unpaired) electrons. The molecule has 122 valence electrons. The maximum absolute atomic E-state index is 11.7. The van der Waals surface area contributed by atoms with Crippen molar-refractivity contribution in [3.63, 3.8) is 0 Å². The van der Waals surface area contributed by atoms with Gasteiger partial charge in [0.05, 0.1) is 11.6 Å². The van der Waals surface area contributed by atoms with Crippen LogP contribution in [0.4, 0.5) is 0 Å². The summed E-state index contributed by atoms with van der Waals surface area (Å²) in [6, 6.07) is 1.65. The highest BCUT2D eigenvalue weighted by molar-refractivity contribution is 9.10. The van der Waals surface area contributed by atoms with Crippen molar-refractivity contribution < 1.29 is 14.3 Å². The molecule has 2 aliphatic rings. The number of fused-ring (bicyclic) bond motifs is 2. The smallest absolute Gasteiger partial charge is 0.293 e. The lowest BCUT2D eigenvalue weighted by Crippen LogP contribution is -2.14. The van der Waals surface area contributed by atoms with Crippen molar-refractivity contribution in [2.24, 2.45) is 11.7 Å². The predicted molar refractivity (Wildman–Crippen MR) is 92.3 cm³/mol. The standard InChI is InChI=1S/C17H17BrClNO3/c18-16-14(19)7-13(17(20)22)12-6-10-5-9(3-4-23-8-21)1-2-11(10)15(12)16/h7-9H,1-6H2,(H2,20,22). The quantitative estimate of drug-likeness (QED) is 0.604. The molecule has 0 aliphatic heterocycles.